The molecule has 0 radical (unpaired) electrons. The van der Waals surface area contributed by atoms with Crippen molar-refractivity contribution in [2.24, 2.45) is 15.3 Å². The van der Waals surface area contributed by atoms with Crippen molar-refractivity contribution in [3.05, 3.63) is 126 Å². The SMILES string of the molecule is O=C1/C(=N\Nc2ccc(N=Nc3ccc(Nc4ccccc4)c(S(=O)(=O)[O-])c3)c3ccccc23)C=C(S(=O)(=O)[O-])c2ccccc21.[Na+].[Na+]. The van der Waals surface area contributed by atoms with Crippen molar-refractivity contribution in [3.63, 3.8) is 0 Å². The first-order chi connectivity index (χ1) is 22.0. The van der Waals surface area contributed by atoms with Crippen molar-refractivity contribution in [1.29, 1.82) is 0 Å². The van der Waals surface area contributed by atoms with E-state index in [1.54, 1.807) is 72.8 Å². The second-order valence-electron chi connectivity index (χ2n) is 9.95. The summed E-state index contributed by atoms with van der Waals surface area (Å²) >= 11 is 0. The quantitative estimate of drug-likeness (QED) is 0.100. The van der Waals surface area contributed by atoms with Crippen molar-refractivity contribution < 1.29 is 89.9 Å². The summed E-state index contributed by atoms with van der Waals surface area (Å²) in [5.41, 5.74) is 4.22. The average Bonchev–Trinajstić information content (AvgIpc) is 3.04. The molecule has 1 aliphatic carbocycles. The van der Waals surface area contributed by atoms with E-state index in [9.17, 15) is 30.7 Å². The zero-order valence-corrected chi connectivity index (χ0v) is 31.1. The minimum atomic E-state index is -4.90. The van der Waals surface area contributed by atoms with E-state index in [1.807, 2.05) is 0 Å². The Morgan fingerprint density at radius 1 is 0.625 bits per heavy atom. The molecule has 0 fully saturated rings. The van der Waals surface area contributed by atoms with Crippen molar-refractivity contribution >= 4 is 75.8 Å². The van der Waals surface area contributed by atoms with Crippen LogP contribution in [0, 0.1) is 0 Å². The maximum Gasteiger partial charge on any atom is 1.00 e. The van der Waals surface area contributed by atoms with Crippen LogP contribution in [0.5, 0.6) is 0 Å². The van der Waals surface area contributed by atoms with Gasteiger partial charge in [0.25, 0.3) is 0 Å². The van der Waals surface area contributed by atoms with Gasteiger partial charge in [-0.1, -0.05) is 66.7 Å². The number of hydrogen-bond donors (Lipinski definition) is 2. The van der Waals surface area contributed by atoms with Gasteiger partial charge in [-0.2, -0.15) is 10.2 Å². The maximum atomic E-state index is 13.0. The van der Waals surface area contributed by atoms with E-state index in [0.29, 0.717) is 27.8 Å². The van der Waals surface area contributed by atoms with Crippen LogP contribution in [0.3, 0.4) is 0 Å². The summed E-state index contributed by atoms with van der Waals surface area (Å²) in [6, 6.07) is 29.0. The minimum Gasteiger partial charge on any atom is -0.744 e. The summed E-state index contributed by atoms with van der Waals surface area (Å²) in [6.45, 7) is 0. The molecule has 0 heterocycles. The fraction of sp³-hybridized carbons (Fsp3) is 0. The first-order valence-electron chi connectivity index (χ1n) is 13.5. The largest absolute Gasteiger partial charge is 1.00 e. The van der Waals surface area contributed by atoms with Gasteiger partial charge in [-0.15, -0.1) is 5.11 Å². The smallest absolute Gasteiger partial charge is 0.744 e. The molecule has 0 bridgehead atoms. The molecule has 0 atom stereocenters. The number of Topliss-reactive ketones (excluding diaryl/α,β-unsaturated/α-hetero) is 1. The standard InChI is InChI=1S/C32H23N5O7S2.2Na/c38-32-25-13-7-6-12-24(25)30(45(39,40)41)19-29(32)37-36-27-17-16-26(22-10-4-5-11-23(22)27)35-34-21-14-15-28(31(18-21)46(42,43)44)33-20-8-2-1-3-9-20;;/h1-19,33,36H,(H,39,40,41)(H,42,43,44);;/q;2*+1/p-2/b35-34?,37-29-;;. The van der Waals surface area contributed by atoms with Crippen molar-refractivity contribution in [1.82, 2.24) is 0 Å². The summed E-state index contributed by atoms with van der Waals surface area (Å²) in [5.74, 6) is -0.560. The molecule has 0 aliphatic heterocycles. The van der Waals surface area contributed by atoms with E-state index in [2.05, 4.69) is 26.1 Å². The van der Waals surface area contributed by atoms with Crippen LogP contribution in [-0.2, 0) is 20.2 Å². The van der Waals surface area contributed by atoms with Crippen LogP contribution in [0.25, 0.3) is 15.7 Å². The van der Waals surface area contributed by atoms with Crippen LogP contribution in [0.2, 0.25) is 0 Å². The normalized spacial score (nSPS) is 13.8. The minimum absolute atomic E-state index is 0. The molecule has 0 saturated heterocycles. The Bertz CT molecular complexity index is 2350. The van der Waals surface area contributed by atoms with E-state index in [0.717, 1.165) is 12.1 Å². The fourth-order valence-electron chi connectivity index (χ4n) is 4.85. The van der Waals surface area contributed by atoms with Crippen molar-refractivity contribution in [2.45, 2.75) is 4.90 Å². The molecule has 230 valence electrons. The third kappa shape index (κ3) is 8.18. The van der Waals surface area contributed by atoms with Gasteiger partial charge >= 0.3 is 59.1 Å². The number of para-hydroxylation sites is 1. The number of fused-ring (bicyclic) bond motifs is 2. The number of anilines is 3. The van der Waals surface area contributed by atoms with Gasteiger partial charge in [-0.25, -0.2) is 16.8 Å². The molecule has 0 unspecified atom stereocenters. The predicted octanol–water partition coefficient (Wildman–Crippen LogP) is 0.461. The van der Waals surface area contributed by atoms with Gasteiger partial charge in [0, 0.05) is 27.6 Å². The summed E-state index contributed by atoms with van der Waals surface area (Å²) in [7, 11) is -9.76. The Kier molecular flexibility index (Phi) is 11.9. The van der Waals surface area contributed by atoms with Crippen molar-refractivity contribution in [3.8, 4) is 0 Å². The first-order valence-corrected chi connectivity index (χ1v) is 16.3. The zero-order chi connectivity index (χ0) is 32.5. The second-order valence-corrected chi connectivity index (χ2v) is 12.6. The first kappa shape index (κ1) is 37.3. The number of azo groups is 1. The average molecular weight is 698 g/mol. The molecule has 0 saturated carbocycles. The number of allylic oxidation sites excluding steroid dienone is 1. The third-order valence-electron chi connectivity index (χ3n) is 6.97. The van der Waals surface area contributed by atoms with Crippen molar-refractivity contribution in [2.75, 3.05) is 10.7 Å². The number of hydrogen-bond acceptors (Lipinski definition) is 12. The van der Waals surface area contributed by atoms with Crippen LogP contribution in [-0.4, -0.2) is 37.4 Å². The Morgan fingerprint density at radius 3 is 1.94 bits per heavy atom. The summed E-state index contributed by atoms with van der Waals surface area (Å²) < 4.78 is 72.0. The number of nitrogens with one attached hydrogen (secondary N) is 2. The van der Waals surface area contributed by atoms with Gasteiger partial charge in [0.1, 0.15) is 25.9 Å². The maximum absolute atomic E-state index is 13.0. The Hall–Kier alpha value is -3.54. The van der Waals surface area contributed by atoms with Crippen LogP contribution >= 0.6 is 0 Å². The van der Waals surface area contributed by atoms with Crippen LogP contribution in [0.4, 0.5) is 28.4 Å². The molecule has 0 aromatic heterocycles. The van der Waals surface area contributed by atoms with Crippen LogP contribution in [0.1, 0.15) is 15.9 Å². The summed E-state index contributed by atoms with van der Waals surface area (Å²) in [5, 5.41) is 16.7. The Labute approximate surface area is 320 Å². The Morgan fingerprint density at radius 2 is 1.25 bits per heavy atom. The topological polar surface area (TPSA) is 193 Å². The van der Waals surface area contributed by atoms with E-state index in [1.165, 1.54) is 30.3 Å². The number of carbonyl (C=O) groups is 1. The molecule has 16 heteroatoms. The van der Waals surface area contributed by atoms with E-state index in [4.69, 9.17) is 0 Å². The number of hydrazone groups is 1. The molecule has 0 amide bonds. The van der Waals surface area contributed by atoms with E-state index < -0.39 is 35.8 Å². The molecule has 12 nitrogen and oxygen atoms in total. The Balaban J connectivity index is 0.00000260. The van der Waals surface area contributed by atoms with E-state index in [-0.39, 0.29) is 87.3 Å². The van der Waals surface area contributed by atoms with Crippen LogP contribution in [0.15, 0.2) is 135 Å². The molecule has 2 N–H and O–H groups in total. The number of rotatable bonds is 8. The van der Waals surface area contributed by atoms with Crippen LogP contribution < -0.4 is 69.9 Å². The molecule has 5 aromatic rings. The number of nitrogens with zero attached hydrogens (tertiary/aromatic N) is 3. The molecular formula is C32H21N5Na2O7S2. The summed E-state index contributed by atoms with van der Waals surface area (Å²) in [4.78, 5) is 12.0. The molecule has 5 aromatic carbocycles. The molecule has 6 rings (SSSR count). The monoisotopic (exact) mass is 697 g/mol. The van der Waals surface area contributed by atoms with Gasteiger partial charge in [-0.3, -0.25) is 10.2 Å². The second kappa shape index (κ2) is 15.3. The third-order valence-corrected chi connectivity index (χ3v) is 8.72. The predicted molar refractivity (Wildman–Crippen MR) is 172 cm³/mol. The number of carbonyl (C=O) groups excluding carboxylic acids is 1. The van der Waals surface area contributed by atoms with Gasteiger partial charge in [-0.05, 0) is 48.5 Å². The molecule has 1 aliphatic rings. The van der Waals surface area contributed by atoms with Gasteiger partial charge in [0.15, 0.2) is 0 Å². The number of benzene rings is 5. The fourth-order valence-corrected chi connectivity index (χ4v) is 6.21. The molecule has 48 heavy (non-hydrogen) atoms. The zero-order valence-electron chi connectivity index (χ0n) is 25.5. The molecule has 0 spiro atoms. The van der Waals surface area contributed by atoms with Gasteiger partial charge in [0.2, 0.25) is 5.78 Å². The van der Waals surface area contributed by atoms with E-state index >= 15 is 0 Å². The molecular weight excluding hydrogens is 676 g/mol. The number of ketones is 1. The summed E-state index contributed by atoms with van der Waals surface area (Å²) in [6.07, 6.45) is 0.946. The van der Waals surface area contributed by atoms with Gasteiger partial charge in [0.05, 0.1) is 32.6 Å². The van der Waals surface area contributed by atoms with Gasteiger partial charge < -0.3 is 14.4 Å².